The van der Waals surface area contributed by atoms with Gasteiger partial charge in [-0.3, -0.25) is 15.3 Å². The van der Waals surface area contributed by atoms with Crippen molar-refractivity contribution in [3.8, 4) is 0 Å². The van der Waals surface area contributed by atoms with Crippen molar-refractivity contribution in [1.29, 1.82) is 0 Å². The van der Waals surface area contributed by atoms with Crippen molar-refractivity contribution in [3.05, 3.63) is 46.2 Å². The second kappa shape index (κ2) is 4.03. The van der Waals surface area contributed by atoms with E-state index in [1.165, 1.54) is 10.5 Å². The predicted octanol–water partition coefficient (Wildman–Crippen LogP) is 2.83. The molecule has 0 radical (unpaired) electrons. The summed E-state index contributed by atoms with van der Waals surface area (Å²) in [6, 6.07) is 8.12. The molecule has 0 amide bonds. The Labute approximate surface area is 106 Å². The van der Waals surface area contributed by atoms with Gasteiger partial charge in [-0.25, -0.2) is 0 Å². The van der Waals surface area contributed by atoms with E-state index in [4.69, 9.17) is 10.3 Å². The first-order chi connectivity index (χ1) is 8.17. The first-order valence-corrected chi connectivity index (χ1v) is 8.04. The van der Waals surface area contributed by atoms with Gasteiger partial charge in [0.15, 0.2) is 0 Å². The Morgan fingerprint density at radius 3 is 2.94 bits per heavy atom. The van der Waals surface area contributed by atoms with Gasteiger partial charge >= 0.3 is 0 Å². The minimum atomic E-state index is -1.75. The van der Waals surface area contributed by atoms with Gasteiger partial charge in [-0.15, -0.1) is 11.8 Å². The third-order valence-corrected chi connectivity index (χ3v) is 5.59. The molecule has 0 saturated heterocycles. The van der Waals surface area contributed by atoms with Gasteiger partial charge < -0.3 is 0 Å². The molecule has 17 heavy (non-hydrogen) atoms. The van der Waals surface area contributed by atoms with Crippen LogP contribution in [0, 0.1) is 0 Å². The quantitative estimate of drug-likeness (QED) is 0.756. The fourth-order valence-electron chi connectivity index (χ4n) is 1.84. The maximum atomic E-state index is 6.09. The highest BCUT2D eigenvalue weighted by Gasteiger charge is 2.24. The van der Waals surface area contributed by atoms with Crippen LogP contribution in [0.15, 0.2) is 56.1 Å². The molecule has 1 aromatic rings. The molecule has 0 spiro atoms. The Morgan fingerprint density at radius 2 is 2.06 bits per heavy atom. The molecular weight excluding hydrogens is 250 g/mol. The van der Waals surface area contributed by atoms with E-state index in [2.05, 4.69) is 11.1 Å². The summed E-state index contributed by atoms with van der Waals surface area (Å²) in [6.07, 6.45) is 3.88. The zero-order valence-electron chi connectivity index (χ0n) is 9.17. The molecule has 1 aromatic carbocycles. The number of nitrogens with zero attached hydrogens (tertiary/aromatic N) is 1. The molecule has 88 valence electrons. The van der Waals surface area contributed by atoms with Gasteiger partial charge in [0.25, 0.3) is 0 Å². The van der Waals surface area contributed by atoms with Crippen molar-refractivity contribution in [2.75, 3.05) is 5.75 Å². The van der Waals surface area contributed by atoms with Gasteiger partial charge in [-0.2, -0.15) is 0 Å². The molecule has 0 bridgehead atoms. The zero-order valence-corrected chi connectivity index (χ0v) is 10.8. The maximum Gasteiger partial charge on any atom is 0.0765 e. The summed E-state index contributed by atoms with van der Waals surface area (Å²) in [6.45, 7) is 0. The Kier molecular flexibility index (Phi) is 2.63. The van der Waals surface area contributed by atoms with Gasteiger partial charge in [0.05, 0.1) is 5.69 Å². The largest absolute Gasteiger partial charge is 0.277 e. The number of nitrogens with two attached hydrogens (primary N) is 2. The van der Waals surface area contributed by atoms with Crippen LogP contribution < -0.4 is 10.3 Å². The number of allylic oxidation sites excluding steroid dienone is 2. The zero-order chi connectivity index (χ0) is 11.9. The molecule has 0 unspecified atom stereocenters. The Morgan fingerprint density at radius 1 is 1.24 bits per heavy atom. The molecule has 0 aromatic heterocycles. The van der Waals surface area contributed by atoms with Crippen LogP contribution in [-0.4, -0.2) is 12.0 Å². The number of aliphatic imine (C=N–C) groups is 1. The summed E-state index contributed by atoms with van der Waals surface area (Å²) >= 11 is 1.78. The lowest BCUT2D eigenvalue weighted by Crippen LogP contribution is -2.19. The highest BCUT2D eigenvalue weighted by Crippen LogP contribution is 2.49. The number of hydrogen-bond acceptors (Lipinski definition) is 4. The monoisotopic (exact) mass is 263 g/mol. The lowest BCUT2D eigenvalue weighted by molar-refractivity contribution is 1.36. The number of hydrogen-bond donors (Lipinski definition) is 2. The number of benzene rings is 1. The molecule has 0 atom stereocenters. The summed E-state index contributed by atoms with van der Waals surface area (Å²) in [5.41, 5.74) is 2.19. The Balaban J connectivity index is 2.06. The van der Waals surface area contributed by atoms with Crippen LogP contribution in [0.2, 0.25) is 0 Å². The Bertz CT molecular complexity index is 559. The van der Waals surface area contributed by atoms with Gasteiger partial charge in [0.1, 0.15) is 0 Å². The van der Waals surface area contributed by atoms with Crippen LogP contribution in [0.1, 0.15) is 0 Å². The highest BCUT2D eigenvalue weighted by molar-refractivity contribution is 8.36. The minimum Gasteiger partial charge on any atom is -0.277 e. The lowest BCUT2D eigenvalue weighted by Gasteiger charge is -2.25. The molecule has 5 heteroatoms. The summed E-state index contributed by atoms with van der Waals surface area (Å²) in [5, 5.41) is 14.1. The van der Waals surface area contributed by atoms with Crippen LogP contribution in [0.25, 0.3) is 0 Å². The molecule has 4 N–H and O–H groups in total. The van der Waals surface area contributed by atoms with Crippen molar-refractivity contribution >= 4 is 34.1 Å². The van der Waals surface area contributed by atoms with Gasteiger partial charge in [-0.05, 0) is 29.2 Å². The molecule has 2 aliphatic rings. The van der Waals surface area contributed by atoms with Gasteiger partial charge in [0, 0.05) is 21.8 Å². The molecule has 0 saturated carbocycles. The fourth-order valence-corrected chi connectivity index (χ4v) is 4.30. The summed E-state index contributed by atoms with van der Waals surface area (Å²) < 4.78 is 0. The van der Waals surface area contributed by atoms with E-state index in [0.717, 1.165) is 16.3 Å². The van der Waals surface area contributed by atoms with Crippen LogP contribution >= 0.6 is 22.2 Å². The predicted molar refractivity (Wildman–Crippen MR) is 77.4 cm³/mol. The average Bonchev–Trinajstić information content (AvgIpc) is 2.56. The van der Waals surface area contributed by atoms with Crippen LogP contribution in [0.4, 0.5) is 5.69 Å². The first kappa shape index (κ1) is 11.1. The molecule has 0 aliphatic carbocycles. The van der Waals surface area contributed by atoms with Gasteiger partial charge in [-0.1, -0.05) is 22.5 Å². The van der Waals surface area contributed by atoms with Crippen LogP contribution in [0.5, 0.6) is 0 Å². The van der Waals surface area contributed by atoms with Crippen molar-refractivity contribution in [3.63, 3.8) is 0 Å². The molecule has 3 rings (SSSR count). The van der Waals surface area contributed by atoms with E-state index in [-0.39, 0.29) is 0 Å². The third kappa shape index (κ3) is 1.95. The SMILES string of the molecule is NS1(N)C=CC2=C1C=Nc1ccccc1SC2. The summed E-state index contributed by atoms with van der Waals surface area (Å²) in [4.78, 5) is 6.70. The van der Waals surface area contributed by atoms with Crippen LogP contribution in [0.3, 0.4) is 0 Å². The topological polar surface area (TPSA) is 64.4 Å². The van der Waals surface area contributed by atoms with E-state index in [1.807, 2.05) is 35.9 Å². The normalized spacial score (nSPS) is 22.7. The number of fused-ring (bicyclic) bond motifs is 1. The highest BCUT2D eigenvalue weighted by atomic mass is 32.3. The van der Waals surface area contributed by atoms with Gasteiger partial charge in [0.2, 0.25) is 0 Å². The van der Waals surface area contributed by atoms with E-state index >= 15 is 0 Å². The molecule has 0 fully saturated rings. The van der Waals surface area contributed by atoms with E-state index in [9.17, 15) is 0 Å². The Hall–Kier alpha value is -1.01. The molecule has 2 aliphatic heterocycles. The molecule has 2 heterocycles. The van der Waals surface area contributed by atoms with Crippen molar-refractivity contribution in [2.24, 2.45) is 15.3 Å². The smallest absolute Gasteiger partial charge is 0.0765 e. The van der Waals surface area contributed by atoms with Crippen LogP contribution in [-0.2, 0) is 0 Å². The first-order valence-electron chi connectivity index (χ1n) is 5.23. The van der Waals surface area contributed by atoms with E-state index < -0.39 is 10.4 Å². The number of thioether (sulfide) groups is 1. The summed E-state index contributed by atoms with van der Waals surface area (Å²) in [5.74, 6) is 0.901. The van der Waals surface area contributed by atoms with Crippen molar-refractivity contribution < 1.29 is 0 Å². The standard InChI is InChI=1S/C12H13N3S2/c13-17(14)6-5-9-8-16-11-4-2-1-3-10(11)15-7-12(9)17/h1-7H,8,13-14H2. The van der Waals surface area contributed by atoms with E-state index in [0.29, 0.717) is 0 Å². The fraction of sp³-hybridized carbons (Fsp3) is 0.0833. The average molecular weight is 263 g/mol. The number of rotatable bonds is 0. The molecular formula is C12H13N3S2. The number of para-hydroxylation sites is 1. The second-order valence-corrected chi connectivity index (χ2v) is 7.22. The second-order valence-electron chi connectivity index (χ2n) is 3.97. The van der Waals surface area contributed by atoms with E-state index in [1.54, 1.807) is 11.8 Å². The maximum absolute atomic E-state index is 6.09. The van der Waals surface area contributed by atoms with Crippen molar-refractivity contribution in [2.45, 2.75) is 4.90 Å². The molecule has 3 nitrogen and oxygen atoms in total. The minimum absolute atomic E-state index is 0.901. The van der Waals surface area contributed by atoms with Crippen molar-refractivity contribution in [1.82, 2.24) is 0 Å². The lowest BCUT2D eigenvalue weighted by atomic mass is 10.3. The third-order valence-electron chi connectivity index (χ3n) is 2.76. The summed E-state index contributed by atoms with van der Waals surface area (Å²) in [7, 11) is -1.75.